The molecule has 1 saturated carbocycles. The van der Waals surface area contributed by atoms with Gasteiger partial charge in [0.2, 0.25) is 0 Å². The number of aromatic nitrogens is 2. The second-order valence-electron chi connectivity index (χ2n) is 7.12. The molecular formula is C16H22FN3O3. The fourth-order valence-corrected chi connectivity index (χ4v) is 3.90. The number of halogens is 1. The van der Waals surface area contributed by atoms with E-state index in [2.05, 4.69) is 10.1 Å². The smallest absolute Gasteiger partial charge is 0.260 e. The van der Waals surface area contributed by atoms with Crippen LogP contribution in [-0.2, 0) is 9.53 Å². The summed E-state index contributed by atoms with van der Waals surface area (Å²) < 4.78 is 25.7. The highest BCUT2D eigenvalue weighted by atomic mass is 19.1. The molecule has 0 N–H and O–H groups in total. The molecule has 7 heteroatoms. The number of hydrogen-bond donors (Lipinski definition) is 0. The van der Waals surface area contributed by atoms with Crippen LogP contribution in [0.5, 0.6) is 0 Å². The van der Waals surface area contributed by atoms with Crippen LogP contribution >= 0.6 is 0 Å². The molecule has 0 bridgehead atoms. The van der Waals surface area contributed by atoms with Crippen molar-refractivity contribution in [1.82, 2.24) is 15.0 Å². The van der Waals surface area contributed by atoms with Gasteiger partial charge < -0.3 is 14.2 Å². The van der Waals surface area contributed by atoms with Crippen molar-refractivity contribution in [1.29, 1.82) is 0 Å². The third-order valence-corrected chi connectivity index (χ3v) is 5.56. The molecule has 0 unspecified atom stereocenters. The lowest BCUT2D eigenvalue weighted by Crippen LogP contribution is -2.54. The summed E-state index contributed by atoms with van der Waals surface area (Å²) >= 11 is 0. The number of hydrogen-bond acceptors (Lipinski definition) is 5. The predicted molar refractivity (Wildman–Crippen MR) is 78.3 cm³/mol. The molecule has 1 amide bonds. The van der Waals surface area contributed by atoms with Crippen LogP contribution in [0.25, 0.3) is 0 Å². The van der Waals surface area contributed by atoms with Crippen LogP contribution in [0, 0.1) is 6.92 Å². The molecule has 0 aromatic carbocycles. The summed E-state index contributed by atoms with van der Waals surface area (Å²) in [5, 5.41) is 3.81. The van der Waals surface area contributed by atoms with Crippen molar-refractivity contribution in [3.63, 3.8) is 0 Å². The van der Waals surface area contributed by atoms with E-state index in [1.807, 2.05) is 0 Å². The molecule has 1 atom stereocenters. The SMILES string of the molecule is Cc1noc([C@H]2CCC3(CCN(C(=O)C4(F)CCC4)CC3)O2)n1. The van der Waals surface area contributed by atoms with Crippen molar-refractivity contribution >= 4 is 5.91 Å². The minimum Gasteiger partial charge on any atom is -0.362 e. The highest BCUT2D eigenvalue weighted by Crippen LogP contribution is 2.45. The van der Waals surface area contributed by atoms with Gasteiger partial charge in [-0.25, -0.2) is 4.39 Å². The first-order valence-corrected chi connectivity index (χ1v) is 8.46. The second-order valence-corrected chi connectivity index (χ2v) is 7.12. The van der Waals surface area contributed by atoms with Gasteiger partial charge in [0.25, 0.3) is 11.8 Å². The maximum Gasteiger partial charge on any atom is 0.260 e. The Hall–Kier alpha value is -1.50. The van der Waals surface area contributed by atoms with Gasteiger partial charge in [-0.05, 0) is 51.9 Å². The minimum absolute atomic E-state index is 0.155. The van der Waals surface area contributed by atoms with Crippen LogP contribution in [0.4, 0.5) is 4.39 Å². The zero-order valence-corrected chi connectivity index (χ0v) is 13.4. The number of amides is 1. The second kappa shape index (κ2) is 5.26. The average molecular weight is 323 g/mol. The number of ether oxygens (including phenoxy) is 1. The molecule has 23 heavy (non-hydrogen) atoms. The van der Waals surface area contributed by atoms with Gasteiger partial charge in [-0.2, -0.15) is 4.98 Å². The van der Waals surface area contributed by atoms with Gasteiger partial charge in [-0.1, -0.05) is 5.16 Å². The van der Waals surface area contributed by atoms with Crippen molar-refractivity contribution in [3.05, 3.63) is 11.7 Å². The molecule has 3 heterocycles. The van der Waals surface area contributed by atoms with Crippen molar-refractivity contribution in [3.8, 4) is 0 Å². The number of carbonyl (C=O) groups is 1. The van der Waals surface area contributed by atoms with Crippen LogP contribution in [0.2, 0.25) is 0 Å². The quantitative estimate of drug-likeness (QED) is 0.836. The summed E-state index contributed by atoms with van der Waals surface area (Å²) in [6.07, 6.45) is 4.68. The number of alkyl halides is 1. The van der Waals surface area contributed by atoms with E-state index < -0.39 is 5.67 Å². The molecule has 6 nitrogen and oxygen atoms in total. The molecular weight excluding hydrogens is 301 g/mol. The van der Waals surface area contributed by atoms with Crippen LogP contribution in [0.15, 0.2) is 4.52 Å². The summed E-state index contributed by atoms with van der Waals surface area (Å²) in [4.78, 5) is 18.2. The average Bonchev–Trinajstić information content (AvgIpc) is 3.12. The van der Waals surface area contributed by atoms with E-state index in [0.29, 0.717) is 37.6 Å². The Morgan fingerprint density at radius 3 is 2.57 bits per heavy atom. The largest absolute Gasteiger partial charge is 0.362 e. The van der Waals surface area contributed by atoms with Crippen LogP contribution in [0.1, 0.15) is 62.8 Å². The van der Waals surface area contributed by atoms with E-state index in [1.54, 1.807) is 11.8 Å². The molecule has 4 rings (SSSR count). The summed E-state index contributed by atoms with van der Waals surface area (Å²) in [5.41, 5.74) is -1.82. The van der Waals surface area contributed by atoms with Gasteiger partial charge in [0.15, 0.2) is 11.5 Å². The monoisotopic (exact) mass is 323 g/mol. The molecule has 1 aliphatic carbocycles. The Morgan fingerprint density at radius 1 is 1.26 bits per heavy atom. The van der Waals surface area contributed by atoms with Gasteiger partial charge >= 0.3 is 0 Å². The Morgan fingerprint density at radius 2 is 2.00 bits per heavy atom. The van der Waals surface area contributed by atoms with E-state index in [9.17, 15) is 9.18 Å². The summed E-state index contributed by atoms with van der Waals surface area (Å²) in [5.74, 6) is 0.828. The minimum atomic E-state index is -1.59. The first-order chi connectivity index (χ1) is 11.0. The normalized spacial score (nSPS) is 28.8. The number of nitrogens with zero attached hydrogens (tertiary/aromatic N) is 3. The Kier molecular flexibility index (Phi) is 3.44. The first kappa shape index (κ1) is 15.1. The van der Waals surface area contributed by atoms with Crippen LogP contribution in [-0.4, -0.2) is 45.3 Å². The lowest BCUT2D eigenvalue weighted by atomic mass is 9.80. The van der Waals surface area contributed by atoms with Crippen molar-refractivity contribution < 1.29 is 18.4 Å². The number of likely N-dealkylation sites (tertiary alicyclic amines) is 1. The number of aryl methyl sites for hydroxylation is 1. The van der Waals surface area contributed by atoms with Crippen LogP contribution < -0.4 is 0 Å². The number of rotatable bonds is 2. The molecule has 0 radical (unpaired) electrons. The van der Waals surface area contributed by atoms with E-state index in [-0.39, 0.29) is 17.6 Å². The van der Waals surface area contributed by atoms with Crippen molar-refractivity contribution in [2.45, 2.75) is 69.2 Å². The summed E-state index contributed by atoms with van der Waals surface area (Å²) in [6, 6.07) is 0. The maximum atomic E-state index is 14.3. The Bertz CT molecular complexity index is 605. The molecule has 2 aliphatic heterocycles. The van der Waals surface area contributed by atoms with E-state index in [1.165, 1.54) is 0 Å². The van der Waals surface area contributed by atoms with Gasteiger partial charge in [-0.3, -0.25) is 4.79 Å². The lowest BCUT2D eigenvalue weighted by Gasteiger charge is -2.43. The van der Waals surface area contributed by atoms with Gasteiger partial charge in [0, 0.05) is 13.1 Å². The maximum absolute atomic E-state index is 14.3. The summed E-state index contributed by atoms with van der Waals surface area (Å²) in [7, 11) is 0. The van der Waals surface area contributed by atoms with Gasteiger partial charge in [0.1, 0.15) is 6.10 Å². The van der Waals surface area contributed by atoms with Gasteiger partial charge in [-0.15, -0.1) is 0 Å². The zero-order chi connectivity index (χ0) is 16.1. The van der Waals surface area contributed by atoms with Crippen molar-refractivity contribution in [2.75, 3.05) is 13.1 Å². The number of piperidine rings is 1. The molecule has 2 saturated heterocycles. The van der Waals surface area contributed by atoms with Crippen molar-refractivity contribution in [2.24, 2.45) is 0 Å². The Labute approximate surface area is 134 Å². The topological polar surface area (TPSA) is 68.5 Å². The van der Waals surface area contributed by atoms with E-state index in [0.717, 1.165) is 32.1 Å². The third kappa shape index (κ3) is 2.55. The predicted octanol–water partition coefficient (Wildman–Crippen LogP) is 2.48. The van der Waals surface area contributed by atoms with E-state index in [4.69, 9.17) is 9.26 Å². The lowest BCUT2D eigenvalue weighted by molar-refractivity contribution is -0.156. The molecule has 126 valence electrons. The molecule has 1 aromatic heterocycles. The van der Waals surface area contributed by atoms with Gasteiger partial charge in [0.05, 0.1) is 5.60 Å². The zero-order valence-electron chi connectivity index (χ0n) is 13.4. The molecule has 3 aliphatic rings. The molecule has 3 fully saturated rings. The Balaban J connectivity index is 1.37. The first-order valence-electron chi connectivity index (χ1n) is 8.46. The third-order valence-electron chi connectivity index (χ3n) is 5.56. The fraction of sp³-hybridized carbons (Fsp3) is 0.812. The highest BCUT2D eigenvalue weighted by molar-refractivity contribution is 5.86. The molecule has 1 spiro atoms. The van der Waals surface area contributed by atoms with Crippen LogP contribution in [0.3, 0.4) is 0 Å². The number of carbonyl (C=O) groups excluding carboxylic acids is 1. The highest BCUT2D eigenvalue weighted by Gasteiger charge is 2.50. The fourth-order valence-electron chi connectivity index (χ4n) is 3.90. The standard InChI is InChI=1S/C16H22FN3O3/c1-11-18-13(23-19-11)12-3-6-15(22-12)7-9-20(10-8-15)14(21)16(17)4-2-5-16/h12H,2-10H2,1H3/t12-/m1/s1. The summed E-state index contributed by atoms with van der Waals surface area (Å²) in [6.45, 7) is 2.93. The molecule has 1 aromatic rings. The van der Waals surface area contributed by atoms with E-state index >= 15 is 0 Å².